The molecule has 0 bridgehead atoms. The summed E-state index contributed by atoms with van der Waals surface area (Å²) < 4.78 is 10.5. The molecule has 2 unspecified atom stereocenters. The van der Waals surface area contributed by atoms with E-state index in [0.29, 0.717) is 18.1 Å². The molecular weight excluding hydrogens is 128 g/mol. The topological polar surface area (TPSA) is 21.8 Å². The average molecular weight is 144 g/mol. The van der Waals surface area contributed by atoms with Gasteiger partial charge in [0.15, 0.2) is 0 Å². The molecule has 10 heavy (non-hydrogen) atoms. The molecule has 2 nitrogen and oxygen atoms in total. The van der Waals surface area contributed by atoms with Gasteiger partial charge in [-0.3, -0.25) is 0 Å². The zero-order valence-corrected chi connectivity index (χ0v) is 6.96. The van der Waals surface area contributed by atoms with E-state index in [1.54, 1.807) is 0 Å². The Morgan fingerprint density at radius 1 is 1.50 bits per heavy atom. The van der Waals surface area contributed by atoms with Crippen LogP contribution in [0, 0.1) is 5.92 Å². The van der Waals surface area contributed by atoms with E-state index >= 15 is 0 Å². The van der Waals surface area contributed by atoms with E-state index in [4.69, 9.17) is 9.47 Å². The molecule has 1 heterocycles. The van der Waals surface area contributed by atoms with Crippen LogP contribution in [0.4, 0.5) is 0 Å². The minimum atomic E-state index is 0.365. The first-order valence-corrected chi connectivity index (χ1v) is 3.93. The van der Waals surface area contributed by atoms with E-state index in [1.807, 2.05) is 0 Å². The van der Waals surface area contributed by atoms with Crippen LogP contribution in [-0.2, 0) is 9.47 Å². The molecule has 1 aliphatic heterocycles. The third kappa shape index (κ3) is 2.67. The summed E-state index contributed by atoms with van der Waals surface area (Å²) in [6, 6.07) is 0. The van der Waals surface area contributed by atoms with Crippen LogP contribution in [0.2, 0.25) is 0 Å². The van der Waals surface area contributed by atoms with Gasteiger partial charge in [-0.15, -0.1) is 0 Å². The Morgan fingerprint density at radius 2 is 2.10 bits per heavy atom. The molecule has 1 fully saturated rings. The van der Waals surface area contributed by atoms with Crippen molar-refractivity contribution in [2.75, 3.05) is 13.2 Å². The lowest BCUT2D eigenvalue weighted by Gasteiger charge is -2.15. The summed E-state index contributed by atoms with van der Waals surface area (Å²) in [6.07, 6.45) is 0.769. The normalized spacial score (nSPS) is 27.0. The van der Waals surface area contributed by atoms with Gasteiger partial charge in [-0.25, -0.2) is 0 Å². The zero-order chi connectivity index (χ0) is 7.56. The number of ether oxygens (including phenoxy) is 2. The second-order valence-corrected chi connectivity index (χ2v) is 3.24. The van der Waals surface area contributed by atoms with E-state index in [9.17, 15) is 0 Å². The van der Waals surface area contributed by atoms with Crippen LogP contribution in [-0.4, -0.2) is 25.4 Å². The first kappa shape index (κ1) is 8.02. The molecule has 1 rings (SSSR count). The van der Waals surface area contributed by atoms with Gasteiger partial charge in [0.05, 0.1) is 19.3 Å². The van der Waals surface area contributed by atoms with Gasteiger partial charge in [0.25, 0.3) is 0 Å². The Kier molecular flexibility index (Phi) is 2.69. The minimum absolute atomic E-state index is 0.365. The van der Waals surface area contributed by atoms with Crippen LogP contribution in [0.1, 0.15) is 20.8 Å². The van der Waals surface area contributed by atoms with Gasteiger partial charge in [0, 0.05) is 0 Å². The maximum absolute atomic E-state index is 5.50. The monoisotopic (exact) mass is 144 g/mol. The van der Waals surface area contributed by atoms with Crippen molar-refractivity contribution in [2.45, 2.75) is 33.0 Å². The third-order valence-corrected chi connectivity index (χ3v) is 1.89. The summed E-state index contributed by atoms with van der Waals surface area (Å²) in [5.41, 5.74) is 0. The molecule has 1 saturated heterocycles. The first-order valence-electron chi connectivity index (χ1n) is 3.93. The lowest BCUT2D eigenvalue weighted by Crippen LogP contribution is -2.18. The summed E-state index contributed by atoms with van der Waals surface area (Å²) in [7, 11) is 0. The minimum Gasteiger partial charge on any atom is -0.375 e. The van der Waals surface area contributed by atoms with Gasteiger partial charge < -0.3 is 9.47 Å². The van der Waals surface area contributed by atoms with E-state index in [-0.39, 0.29) is 0 Å². The molecule has 0 saturated carbocycles. The van der Waals surface area contributed by atoms with Crippen LogP contribution in [0.5, 0.6) is 0 Å². The molecule has 0 aromatic carbocycles. The molecule has 1 aliphatic rings. The van der Waals surface area contributed by atoms with Gasteiger partial charge in [0.2, 0.25) is 0 Å². The number of hydrogen-bond acceptors (Lipinski definition) is 2. The van der Waals surface area contributed by atoms with Crippen molar-refractivity contribution in [3.05, 3.63) is 0 Å². The van der Waals surface area contributed by atoms with Crippen LogP contribution in [0.15, 0.2) is 0 Å². The summed E-state index contributed by atoms with van der Waals surface area (Å²) in [6.45, 7) is 8.11. The summed E-state index contributed by atoms with van der Waals surface area (Å²) >= 11 is 0. The van der Waals surface area contributed by atoms with Crippen molar-refractivity contribution in [3.8, 4) is 0 Å². The third-order valence-electron chi connectivity index (χ3n) is 1.89. The van der Waals surface area contributed by atoms with Crippen molar-refractivity contribution in [3.63, 3.8) is 0 Å². The van der Waals surface area contributed by atoms with Crippen LogP contribution >= 0.6 is 0 Å². The van der Waals surface area contributed by atoms with Gasteiger partial charge >= 0.3 is 0 Å². The molecule has 0 aliphatic carbocycles. The van der Waals surface area contributed by atoms with E-state index < -0.39 is 0 Å². The molecule has 2 heteroatoms. The summed E-state index contributed by atoms with van der Waals surface area (Å²) in [5.74, 6) is 0.610. The highest BCUT2D eigenvalue weighted by Crippen LogP contribution is 2.12. The zero-order valence-electron chi connectivity index (χ0n) is 6.96. The first-order chi connectivity index (χ1) is 4.70. The highest BCUT2D eigenvalue weighted by Gasteiger charge is 2.23. The fourth-order valence-corrected chi connectivity index (χ4v) is 0.616. The van der Waals surface area contributed by atoms with Crippen LogP contribution in [0.25, 0.3) is 0 Å². The summed E-state index contributed by atoms with van der Waals surface area (Å²) in [4.78, 5) is 0. The highest BCUT2D eigenvalue weighted by molar-refractivity contribution is 4.68. The Bertz CT molecular complexity index is 97.4. The molecule has 2 atom stereocenters. The molecular formula is C8H16O2. The Hall–Kier alpha value is -0.0800. The van der Waals surface area contributed by atoms with Crippen molar-refractivity contribution in [2.24, 2.45) is 5.92 Å². The van der Waals surface area contributed by atoms with Crippen molar-refractivity contribution in [1.29, 1.82) is 0 Å². The van der Waals surface area contributed by atoms with Gasteiger partial charge in [-0.2, -0.15) is 0 Å². The van der Waals surface area contributed by atoms with Crippen molar-refractivity contribution >= 4 is 0 Å². The molecule has 0 spiro atoms. The standard InChI is InChI=1S/C8H16O2/c1-6(2)7(3)9-4-8-5-10-8/h6-8H,4-5H2,1-3H3. The average Bonchev–Trinajstić information content (AvgIpc) is 2.64. The smallest absolute Gasteiger partial charge is 0.104 e. The maximum Gasteiger partial charge on any atom is 0.104 e. The number of hydrogen-bond donors (Lipinski definition) is 0. The summed E-state index contributed by atoms with van der Waals surface area (Å²) in [5, 5.41) is 0. The Labute approximate surface area is 62.5 Å². The van der Waals surface area contributed by atoms with Crippen LogP contribution in [0.3, 0.4) is 0 Å². The lowest BCUT2D eigenvalue weighted by atomic mass is 10.1. The Morgan fingerprint density at radius 3 is 2.50 bits per heavy atom. The maximum atomic E-state index is 5.50. The second kappa shape index (κ2) is 3.35. The molecule has 0 aromatic rings. The highest BCUT2D eigenvalue weighted by atomic mass is 16.6. The van der Waals surface area contributed by atoms with E-state index in [2.05, 4.69) is 20.8 Å². The van der Waals surface area contributed by atoms with Gasteiger partial charge in [0.1, 0.15) is 6.10 Å². The largest absolute Gasteiger partial charge is 0.375 e. The fraction of sp³-hybridized carbons (Fsp3) is 1.00. The van der Waals surface area contributed by atoms with Crippen LogP contribution < -0.4 is 0 Å². The predicted molar refractivity (Wildman–Crippen MR) is 40.0 cm³/mol. The lowest BCUT2D eigenvalue weighted by molar-refractivity contribution is 0.0263. The molecule has 0 amide bonds. The van der Waals surface area contributed by atoms with Gasteiger partial charge in [-0.1, -0.05) is 13.8 Å². The molecule has 60 valence electrons. The Balaban J connectivity index is 1.99. The van der Waals surface area contributed by atoms with Crippen molar-refractivity contribution < 1.29 is 9.47 Å². The fourth-order valence-electron chi connectivity index (χ4n) is 0.616. The predicted octanol–water partition coefficient (Wildman–Crippen LogP) is 1.45. The molecule has 0 aromatic heterocycles. The van der Waals surface area contributed by atoms with Gasteiger partial charge in [-0.05, 0) is 12.8 Å². The van der Waals surface area contributed by atoms with E-state index in [0.717, 1.165) is 13.2 Å². The second-order valence-electron chi connectivity index (χ2n) is 3.24. The number of rotatable bonds is 4. The van der Waals surface area contributed by atoms with E-state index in [1.165, 1.54) is 0 Å². The molecule has 0 N–H and O–H groups in total. The quantitative estimate of drug-likeness (QED) is 0.557. The SMILES string of the molecule is CC(C)C(C)OCC1CO1. The molecule has 0 radical (unpaired) electrons. The number of epoxide rings is 1. The van der Waals surface area contributed by atoms with Crippen molar-refractivity contribution in [1.82, 2.24) is 0 Å².